The van der Waals surface area contributed by atoms with Crippen LogP contribution in [0.5, 0.6) is 0 Å². The minimum Gasteiger partial charge on any atom is -0.341 e. The molecule has 1 saturated heterocycles. The van der Waals surface area contributed by atoms with Gasteiger partial charge in [0.2, 0.25) is 11.8 Å². The summed E-state index contributed by atoms with van der Waals surface area (Å²) in [4.78, 5) is 33.0. The summed E-state index contributed by atoms with van der Waals surface area (Å²) in [5, 5.41) is 0.289. The predicted molar refractivity (Wildman–Crippen MR) is 97.1 cm³/mol. The summed E-state index contributed by atoms with van der Waals surface area (Å²) in [5.74, 6) is -2.14. The largest absolute Gasteiger partial charge is 0.393 e. The van der Waals surface area contributed by atoms with Gasteiger partial charge in [-0.3, -0.25) is 9.59 Å². The van der Waals surface area contributed by atoms with Gasteiger partial charge in [0.15, 0.2) is 0 Å². The smallest absolute Gasteiger partial charge is 0.341 e. The van der Waals surface area contributed by atoms with Crippen molar-refractivity contribution in [2.75, 3.05) is 24.5 Å². The summed E-state index contributed by atoms with van der Waals surface area (Å²) in [6.45, 7) is -0.551. The summed E-state index contributed by atoms with van der Waals surface area (Å²) in [6, 6.07) is 3.25. The molecule has 3 heterocycles. The first-order valence-electron chi connectivity index (χ1n) is 9.56. The van der Waals surface area contributed by atoms with Gasteiger partial charge >= 0.3 is 6.18 Å². The van der Waals surface area contributed by atoms with Crippen molar-refractivity contribution in [1.29, 1.82) is 0 Å². The molecule has 5 nitrogen and oxygen atoms in total. The molecule has 3 aliphatic rings. The first-order valence-corrected chi connectivity index (χ1v) is 9.94. The number of fused-ring (bicyclic) bond motifs is 2. The van der Waals surface area contributed by atoms with Crippen LogP contribution in [0.3, 0.4) is 0 Å². The van der Waals surface area contributed by atoms with Crippen LogP contribution in [0.2, 0.25) is 5.15 Å². The van der Waals surface area contributed by atoms with Gasteiger partial charge in [0, 0.05) is 13.1 Å². The number of amides is 2. The Morgan fingerprint density at radius 1 is 1.25 bits per heavy atom. The van der Waals surface area contributed by atoms with E-state index in [2.05, 4.69) is 4.98 Å². The highest BCUT2D eigenvalue weighted by atomic mass is 35.5. The van der Waals surface area contributed by atoms with Crippen molar-refractivity contribution in [1.82, 2.24) is 9.88 Å². The molecular formula is C19H21ClF3N3O2. The van der Waals surface area contributed by atoms with Crippen molar-refractivity contribution in [2.24, 2.45) is 5.92 Å². The Morgan fingerprint density at radius 3 is 2.61 bits per heavy atom. The van der Waals surface area contributed by atoms with E-state index >= 15 is 0 Å². The molecule has 0 aromatic carbocycles. The first-order chi connectivity index (χ1) is 13.2. The topological polar surface area (TPSA) is 53.5 Å². The Labute approximate surface area is 165 Å². The number of likely N-dealkylation sites (tertiary alicyclic amines) is 1. The van der Waals surface area contributed by atoms with Crippen molar-refractivity contribution in [3.8, 4) is 0 Å². The summed E-state index contributed by atoms with van der Waals surface area (Å²) < 4.78 is 38.7. The van der Waals surface area contributed by atoms with E-state index in [1.807, 2.05) is 0 Å². The van der Waals surface area contributed by atoms with Crippen LogP contribution in [0.4, 0.5) is 18.9 Å². The summed E-state index contributed by atoms with van der Waals surface area (Å²) in [5.41, 5.74) is 0.390. The summed E-state index contributed by atoms with van der Waals surface area (Å²) >= 11 is 6.07. The molecule has 1 aromatic heterocycles. The van der Waals surface area contributed by atoms with Gasteiger partial charge in [-0.25, -0.2) is 4.98 Å². The van der Waals surface area contributed by atoms with E-state index in [-0.39, 0.29) is 37.1 Å². The number of carbonyl (C=O) groups is 2. The SMILES string of the molecule is O=C(CN1C(=O)C2(CCCCC2)c2nc(Cl)ccc21)N1CCC(C(F)(F)F)C1. The zero-order valence-corrected chi connectivity index (χ0v) is 16.0. The van der Waals surface area contributed by atoms with Crippen LogP contribution in [-0.4, -0.2) is 47.5 Å². The Hall–Kier alpha value is -1.83. The number of pyridine rings is 1. The average Bonchev–Trinajstić information content (AvgIpc) is 3.23. The van der Waals surface area contributed by atoms with Crippen LogP contribution < -0.4 is 4.90 Å². The van der Waals surface area contributed by atoms with Gasteiger partial charge in [-0.1, -0.05) is 30.9 Å². The van der Waals surface area contributed by atoms with Crippen LogP contribution in [0.25, 0.3) is 0 Å². The lowest BCUT2D eigenvalue weighted by Gasteiger charge is -2.31. The second-order valence-corrected chi connectivity index (χ2v) is 8.29. The van der Waals surface area contributed by atoms with Gasteiger partial charge in [-0.05, 0) is 31.4 Å². The lowest BCUT2D eigenvalue weighted by molar-refractivity contribution is -0.171. The Kier molecular flexibility index (Phi) is 4.80. The third-order valence-electron chi connectivity index (χ3n) is 6.24. The van der Waals surface area contributed by atoms with Crippen LogP contribution in [0, 0.1) is 5.92 Å². The van der Waals surface area contributed by atoms with Gasteiger partial charge in [0.1, 0.15) is 11.7 Å². The maximum absolute atomic E-state index is 13.3. The fourth-order valence-electron chi connectivity index (χ4n) is 4.72. The van der Waals surface area contributed by atoms with E-state index in [9.17, 15) is 22.8 Å². The quantitative estimate of drug-likeness (QED) is 0.692. The molecule has 1 saturated carbocycles. The summed E-state index contributed by atoms with van der Waals surface area (Å²) in [6.07, 6.45) is -0.288. The van der Waals surface area contributed by atoms with E-state index < -0.39 is 23.4 Å². The van der Waals surface area contributed by atoms with E-state index in [4.69, 9.17) is 11.6 Å². The number of nitrogens with zero attached hydrogens (tertiary/aromatic N) is 3. The van der Waals surface area contributed by atoms with Crippen molar-refractivity contribution < 1.29 is 22.8 Å². The molecule has 2 fully saturated rings. The molecule has 2 amide bonds. The molecule has 0 bridgehead atoms. The minimum atomic E-state index is -4.31. The van der Waals surface area contributed by atoms with Crippen LogP contribution >= 0.6 is 11.6 Å². The molecule has 2 aliphatic heterocycles. The first kappa shape index (κ1) is 19.5. The number of hydrogen-bond donors (Lipinski definition) is 0. The molecule has 1 aromatic rings. The second-order valence-electron chi connectivity index (χ2n) is 7.90. The molecule has 1 spiro atoms. The molecule has 0 N–H and O–H groups in total. The number of carbonyl (C=O) groups excluding carboxylic acids is 2. The van der Waals surface area contributed by atoms with Crippen molar-refractivity contribution >= 4 is 29.1 Å². The van der Waals surface area contributed by atoms with Crippen molar-refractivity contribution in [3.05, 3.63) is 23.0 Å². The van der Waals surface area contributed by atoms with Gasteiger partial charge in [-0.2, -0.15) is 13.2 Å². The normalized spacial score (nSPS) is 24.1. The van der Waals surface area contributed by atoms with Crippen LogP contribution in [0.15, 0.2) is 12.1 Å². The molecule has 28 heavy (non-hydrogen) atoms. The third-order valence-corrected chi connectivity index (χ3v) is 6.45. The fraction of sp³-hybridized carbons (Fsp3) is 0.632. The minimum absolute atomic E-state index is 0.0574. The van der Waals surface area contributed by atoms with Crippen molar-refractivity contribution in [3.63, 3.8) is 0 Å². The highest BCUT2D eigenvalue weighted by molar-refractivity contribution is 6.29. The number of aromatic nitrogens is 1. The van der Waals surface area contributed by atoms with Gasteiger partial charge in [0.25, 0.3) is 0 Å². The number of rotatable bonds is 2. The van der Waals surface area contributed by atoms with Gasteiger partial charge < -0.3 is 9.80 Å². The zero-order valence-electron chi connectivity index (χ0n) is 15.3. The molecule has 152 valence electrons. The molecule has 4 rings (SSSR count). The number of hydrogen-bond acceptors (Lipinski definition) is 3. The maximum atomic E-state index is 13.3. The Bertz CT molecular complexity index is 808. The third kappa shape index (κ3) is 3.15. The second kappa shape index (κ2) is 6.90. The Balaban J connectivity index is 1.57. The molecule has 0 radical (unpaired) electrons. The van der Waals surface area contributed by atoms with Crippen molar-refractivity contribution in [2.45, 2.75) is 50.1 Å². The Morgan fingerprint density at radius 2 is 1.96 bits per heavy atom. The van der Waals surface area contributed by atoms with E-state index in [0.717, 1.165) is 19.3 Å². The van der Waals surface area contributed by atoms with E-state index in [0.29, 0.717) is 24.2 Å². The average molecular weight is 416 g/mol. The standard InChI is InChI=1S/C19H21ClF3N3O2/c20-14-5-4-13-16(24-14)18(7-2-1-3-8-18)17(28)26(13)11-15(27)25-9-6-12(10-25)19(21,22)23/h4-5,12H,1-3,6-11H2. The van der Waals surface area contributed by atoms with E-state index in [1.165, 1.54) is 9.80 Å². The highest BCUT2D eigenvalue weighted by Crippen LogP contribution is 2.49. The monoisotopic (exact) mass is 415 g/mol. The number of halogens is 4. The van der Waals surface area contributed by atoms with E-state index in [1.54, 1.807) is 12.1 Å². The molecule has 1 unspecified atom stereocenters. The van der Waals surface area contributed by atoms with Crippen LogP contribution in [0.1, 0.15) is 44.2 Å². The predicted octanol–water partition coefficient (Wildman–Crippen LogP) is 3.69. The maximum Gasteiger partial charge on any atom is 0.393 e. The van der Waals surface area contributed by atoms with Gasteiger partial charge in [-0.15, -0.1) is 0 Å². The highest BCUT2D eigenvalue weighted by Gasteiger charge is 2.53. The lowest BCUT2D eigenvalue weighted by atomic mass is 9.72. The molecule has 9 heteroatoms. The number of alkyl halides is 3. The number of anilines is 1. The lowest BCUT2D eigenvalue weighted by Crippen LogP contribution is -2.46. The summed E-state index contributed by atoms with van der Waals surface area (Å²) in [7, 11) is 0. The molecule has 1 atom stereocenters. The van der Waals surface area contributed by atoms with Gasteiger partial charge in [0.05, 0.1) is 22.7 Å². The molecule has 1 aliphatic carbocycles. The molecular weight excluding hydrogens is 395 g/mol. The zero-order chi connectivity index (χ0) is 20.1. The fourth-order valence-corrected chi connectivity index (χ4v) is 4.87. The van der Waals surface area contributed by atoms with Crippen LogP contribution in [-0.2, 0) is 15.0 Å².